The predicted molar refractivity (Wildman–Crippen MR) is 52.9 cm³/mol. The lowest BCUT2D eigenvalue weighted by molar-refractivity contribution is -0.275. The van der Waals surface area contributed by atoms with E-state index in [0.717, 1.165) is 0 Å². The summed E-state index contributed by atoms with van der Waals surface area (Å²) in [7, 11) is 0. The Labute approximate surface area is 110 Å². The second-order valence-electron chi connectivity index (χ2n) is 3.14. The fourth-order valence-corrected chi connectivity index (χ4v) is 1.84. The predicted octanol–water partition coefficient (Wildman–Crippen LogP) is 3.83. The average molecular weight is 349 g/mol. The van der Waals surface area contributed by atoms with E-state index in [0.29, 0.717) is 6.20 Å². The summed E-state index contributed by atoms with van der Waals surface area (Å²) in [5, 5.41) is 8.37. The first-order chi connectivity index (χ1) is 8.56. The highest BCUT2D eigenvalue weighted by Crippen LogP contribution is 2.42. The number of nitriles is 1. The molecule has 3 nitrogen and oxygen atoms in total. The van der Waals surface area contributed by atoms with E-state index in [1.165, 1.54) is 6.07 Å². The van der Waals surface area contributed by atoms with Gasteiger partial charge in [-0.2, -0.15) is 18.4 Å². The molecular weight excluding hydrogens is 346 g/mol. The van der Waals surface area contributed by atoms with Gasteiger partial charge in [-0.3, -0.25) is 4.98 Å². The van der Waals surface area contributed by atoms with Crippen molar-refractivity contribution >= 4 is 15.9 Å². The highest BCUT2D eigenvalue weighted by atomic mass is 79.9. The third kappa shape index (κ3) is 3.99. The number of halogens is 7. The molecule has 1 heterocycles. The van der Waals surface area contributed by atoms with Crippen molar-refractivity contribution in [2.75, 3.05) is 0 Å². The molecule has 0 bridgehead atoms. The van der Waals surface area contributed by atoms with Crippen LogP contribution in [0.15, 0.2) is 10.7 Å². The Morgan fingerprint density at radius 3 is 2.26 bits per heavy atom. The van der Waals surface area contributed by atoms with Crippen LogP contribution in [0.25, 0.3) is 0 Å². The third-order valence-electron chi connectivity index (χ3n) is 1.82. The van der Waals surface area contributed by atoms with Crippen molar-refractivity contribution in [2.24, 2.45) is 0 Å². The Bertz CT molecular complexity index is 519. The molecule has 0 aliphatic rings. The number of hydrogen-bond acceptors (Lipinski definition) is 3. The van der Waals surface area contributed by atoms with Crippen LogP contribution in [0, 0.1) is 11.3 Å². The Kier molecular flexibility index (Phi) is 4.29. The second kappa shape index (κ2) is 5.24. The van der Waals surface area contributed by atoms with Crippen LogP contribution >= 0.6 is 15.9 Å². The van der Waals surface area contributed by atoms with Gasteiger partial charge in [0.1, 0.15) is 0 Å². The van der Waals surface area contributed by atoms with Crippen LogP contribution in [-0.2, 0) is 12.6 Å². The minimum absolute atomic E-state index is 0.472. The molecule has 0 unspecified atom stereocenters. The van der Waals surface area contributed by atoms with Crippen molar-refractivity contribution < 1.29 is 31.1 Å². The van der Waals surface area contributed by atoms with E-state index < -0.39 is 40.4 Å². The maximum absolute atomic E-state index is 12.7. The van der Waals surface area contributed by atoms with Crippen LogP contribution in [0.5, 0.6) is 5.75 Å². The average Bonchev–Trinajstić information content (AvgIpc) is 2.19. The van der Waals surface area contributed by atoms with E-state index in [2.05, 4.69) is 25.7 Å². The van der Waals surface area contributed by atoms with E-state index in [9.17, 15) is 26.3 Å². The first-order valence-electron chi connectivity index (χ1n) is 4.43. The quantitative estimate of drug-likeness (QED) is 0.763. The Morgan fingerprint density at radius 2 is 1.84 bits per heavy atom. The molecule has 1 aromatic rings. The molecule has 19 heavy (non-hydrogen) atoms. The first-order valence-corrected chi connectivity index (χ1v) is 5.23. The summed E-state index contributed by atoms with van der Waals surface area (Å²) in [5.74, 6) is -1.12. The molecule has 0 amide bonds. The van der Waals surface area contributed by atoms with Gasteiger partial charge in [0.15, 0.2) is 5.75 Å². The van der Waals surface area contributed by atoms with Crippen molar-refractivity contribution in [1.29, 1.82) is 5.26 Å². The normalized spacial score (nSPS) is 12.1. The van der Waals surface area contributed by atoms with Crippen LogP contribution in [0.1, 0.15) is 11.3 Å². The number of rotatable bonds is 2. The molecule has 0 saturated heterocycles. The van der Waals surface area contributed by atoms with Crippen LogP contribution in [0.4, 0.5) is 26.3 Å². The summed E-state index contributed by atoms with van der Waals surface area (Å²) in [6, 6.07) is 1.45. The third-order valence-corrected chi connectivity index (χ3v) is 2.60. The van der Waals surface area contributed by atoms with Gasteiger partial charge in [0.25, 0.3) is 0 Å². The summed E-state index contributed by atoms with van der Waals surface area (Å²) in [5.41, 5.74) is -2.15. The monoisotopic (exact) mass is 348 g/mol. The van der Waals surface area contributed by atoms with Crippen LogP contribution < -0.4 is 4.74 Å². The molecule has 0 atom stereocenters. The Balaban J connectivity index is 3.39. The lowest BCUT2D eigenvalue weighted by Crippen LogP contribution is -2.19. The van der Waals surface area contributed by atoms with Crippen molar-refractivity contribution in [3.05, 3.63) is 21.9 Å². The van der Waals surface area contributed by atoms with Gasteiger partial charge in [0.2, 0.25) is 0 Å². The van der Waals surface area contributed by atoms with Gasteiger partial charge in [-0.05, 0) is 15.9 Å². The molecule has 104 valence electrons. The van der Waals surface area contributed by atoms with Gasteiger partial charge in [0, 0.05) is 0 Å². The van der Waals surface area contributed by atoms with Gasteiger partial charge >= 0.3 is 12.5 Å². The van der Waals surface area contributed by atoms with E-state index in [4.69, 9.17) is 5.26 Å². The second-order valence-corrected chi connectivity index (χ2v) is 3.93. The number of ether oxygens (including phenoxy) is 1. The zero-order chi connectivity index (χ0) is 14.8. The van der Waals surface area contributed by atoms with Gasteiger partial charge in [0.05, 0.1) is 34.4 Å². The van der Waals surface area contributed by atoms with Gasteiger partial charge in [-0.15, -0.1) is 13.2 Å². The molecule has 0 saturated carbocycles. The highest BCUT2D eigenvalue weighted by molar-refractivity contribution is 9.10. The number of pyridine rings is 1. The molecule has 0 radical (unpaired) electrons. The van der Waals surface area contributed by atoms with Crippen molar-refractivity contribution in [2.45, 2.75) is 19.0 Å². The van der Waals surface area contributed by atoms with Gasteiger partial charge in [-0.25, -0.2) is 0 Å². The Morgan fingerprint density at radius 1 is 1.26 bits per heavy atom. The summed E-state index contributed by atoms with van der Waals surface area (Å²) >= 11 is 2.40. The largest absolute Gasteiger partial charge is 0.573 e. The smallest absolute Gasteiger partial charge is 0.403 e. The number of hydrogen-bond donors (Lipinski definition) is 0. The van der Waals surface area contributed by atoms with E-state index in [-0.39, 0.29) is 0 Å². The van der Waals surface area contributed by atoms with Crippen LogP contribution in [0.3, 0.4) is 0 Å². The number of nitrogens with zero attached hydrogens (tertiary/aromatic N) is 2. The molecule has 0 aromatic carbocycles. The summed E-state index contributed by atoms with van der Waals surface area (Å²) in [6.07, 6.45) is -10.3. The minimum Gasteiger partial charge on any atom is -0.403 e. The molecule has 0 N–H and O–H groups in total. The summed E-state index contributed by atoms with van der Waals surface area (Å²) in [6.45, 7) is 0. The molecule has 0 aliphatic heterocycles. The van der Waals surface area contributed by atoms with Crippen molar-refractivity contribution in [3.63, 3.8) is 0 Å². The number of aromatic nitrogens is 1. The zero-order valence-corrected chi connectivity index (χ0v) is 10.3. The molecule has 10 heteroatoms. The topological polar surface area (TPSA) is 45.9 Å². The van der Waals surface area contributed by atoms with E-state index in [1.807, 2.05) is 0 Å². The first kappa shape index (κ1) is 15.6. The molecule has 0 fully saturated rings. The minimum atomic E-state index is -5.15. The van der Waals surface area contributed by atoms with Crippen molar-refractivity contribution in [1.82, 2.24) is 4.98 Å². The highest BCUT2D eigenvalue weighted by Gasteiger charge is 2.40. The fourth-order valence-electron chi connectivity index (χ4n) is 1.20. The van der Waals surface area contributed by atoms with Crippen LogP contribution in [0.2, 0.25) is 0 Å². The van der Waals surface area contributed by atoms with E-state index >= 15 is 0 Å². The lowest BCUT2D eigenvalue weighted by atomic mass is 10.1. The Hall–Kier alpha value is -1.50. The van der Waals surface area contributed by atoms with Crippen molar-refractivity contribution in [3.8, 4) is 11.8 Å². The molecule has 0 aliphatic carbocycles. The van der Waals surface area contributed by atoms with Gasteiger partial charge < -0.3 is 4.74 Å². The number of alkyl halides is 6. The molecular formula is C9H3BrF6N2O. The maximum atomic E-state index is 12.7. The van der Waals surface area contributed by atoms with Gasteiger partial charge in [-0.1, -0.05) is 0 Å². The maximum Gasteiger partial charge on any atom is 0.573 e. The van der Waals surface area contributed by atoms with Crippen LogP contribution in [-0.4, -0.2) is 11.3 Å². The fraction of sp³-hybridized carbons (Fsp3) is 0.333. The molecule has 1 aromatic heterocycles. The van der Waals surface area contributed by atoms with E-state index in [1.54, 1.807) is 0 Å². The summed E-state index contributed by atoms with van der Waals surface area (Å²) in [4.78, 5) is 3.18. The lowest BCUT2D eigenvalue weighted by Gasteiger charge is -2.16. The standard InChI is InChI=1S/C9H3BrF6N2O/c10-7-5(19-9(14,15)16)3-18-4(1-2-17)6(7)8(11,12)13/h3H,1H2. The summed E-state index contributed by atoms with van der Waals surface area (Å²) < 4.78 is 76.6. The SMILES string of the molecule is N#CCc1ncc(OC(F)(F)F)c(Br)c1C(F)(F)F. The molecule has 0 spiro atoms. The molecule has 1 rings (SSSR count). The zero-order valence-electron chi connectivity index (χ0n) is 8.73.